The fourth-order valence-corrected chi connectivity index (χ4v) is 3.36. The predicted octanol–water partition coefficient (Wildman–Crippen LogP) is 0.148. The van der Waals surface area contributed by atoms with Crippen molar-refractivity contribution in [1.82, 2.24) is 4.72 Å². The van der Waals surface area contributed by atoms with Crippen molar-refractivity contribution >= 4 is 27.6 Å². The summed E-state index contributed by atoms with van der Waals surface area (Å²) in [5, 5.41) is 18.2. The van der Waals surface area contributed by atoms with E-state index >= 15 is 0 Å². The van der Waals surface area contributed by atoms with Crippen LogP contribution < -0.4 is 4.72 Å². The van der Waals surface area contributed by atoms with Gasteiger partial charge in [-0.3, -0.25) is 0 Å². The van der Waals surface area contributed by atoms with E-state index in [0.29, 0.717) is 0 Å². The Hall–Kier alpha value is -1.19. The monoisotopic (exact) mass is 337 g/mol. The van der Waals surface area contributed by atoms with Crippen molar-refractivity contribution in [1.29, 1.82) is 0 Å². The van der Waals surface area contributed by atoms with Gasteiger partial charge in [-0.25, -0.2) is 17.9 Å². The lowest BCUT2D eigenvalue weighted by atomic mass is 10.1. The van der Waals surface area contributed by atoms with Crippen molar-refractivity contribution in [2.24, 2.45) is 0 Å². The Kier molecular flexibility index (Phi) is 5.71. The second kappa shape index (κ2) is 6.71. The summed E-state index contributed by atoms with van der Waals surface area (Å²) >= 11 is 5.85. The third kappa shape index (κ3) is 4.14. The zero-order chi connectivity index (χ0) is 16.3. The first-order valence-electron chi connectivity index (χ1n) is 5.82. The summed E-state index contributed by atoms with van der Waals surface area (Å²) in [6.07, 6.45) is 0. The molecule has 0 saturated heterocycles. The molecule has 0 saturated carbocycles. The zero-order valence-electron chi connectivity index (χ0n) is 11.5. The van der Waals surface area contributed by atoms with Gasteiger partial charge in [0.15, 0.2) is 0 Å². The van der Waals surface area contributed by atoms with Crippen molar-refractivity contribution < 1.29 is 28.2 Å². The van der Waals surface area contributed by atoms with Crippen LogP contribution in [0.3, 0.4) is 0 Å². The van der Waals surface area contributed by atoms with E-state index in [9.17, 15) is 13.2 Å². The van der Waals surface area contributed by atoms with Crippen molar-refractivity contribution in [3.8, 4) is 0 Å². The molecule has 0 unspecified atom stereocenters. The summed E-state index contributed by atoms with van der Waals surface area (Å²) in [6, 6.07) is 3.63. The highest BCUT2D eigenvalue weighted by molar-refractivity contribution is 7.89. The van der Waals surface area contributed by atoms with Crippen molar-refractivity contribution in [3.05, 3.63) is 28.8 Å². The minimum absolute atomic E-state index is 0.0111. The van der Waals surface area contributed by atoms with E-state index < -0.39 is 34.7 Å². The Labute approximate surface area is 127 Å². The van der Waals surface area contributed by atoms with Crippen molar-refractivity contribution in [2.75, 3.05) is 20.3 Å². The third-order valence-corrected chi connectivity index (χ3v) is 4.84. The standard InChI is InChI=1S/C12H16ClNO6S/c1-12(6-15,7-16)14-21(18,19)10-5-8(11(17)20-2)3-4-9(10)13/h3-5,14-16H,6-7H2,1-2H3. The Morgan fingerprint density at radius 2 is 1.95 bits per heavy atom. The molecule has 0 spiro atoms. The molecule has 1 rings (SSSR count). The van der Waals surface area contributed by atoms with Crippen LogP contribution in [0.2, 0.25) is 5.02 Å². The summed E-state index contributed by atoms with van der Waals surface area (Å²) in [5.74, 6) is -0.713. The number of esters is 1. The number of carbonyl (C=O) groups excluding carboxylic acids is 1. The van der Waals surface area contributed by atoms with Crippen LogP contribution in [0, 0.1) is 0 Å². The van der Waals surface area contributed by atoms with Gasteiger partial charge in [0.05, 0.1) is 36.4 Å². The van der Waals surface area contributed by atoms with Gasteiger partial charge in [-0.15, -0.1) is 0 Å². The van der Waals surface area contributed by atoms with Crippen LogP contribution in [0.15, 0.2) is 23.1 Å². The summed E-state index contributed by atoms with van der Waals surface area (Å²) in [7, 11) is -2.98. The van der Waals surface area contributed by atoms with Crippen LogP contribution in [-0.2, 0) is 14.8 Å². The first-order chi connectivity index (χ1) is 9.69. The van der Waals surface area contributed by atoms with Gasteiger partial charge >= 0.3 is 5.97 Å². The Bertz CT molecular complexity index is 627. The molecule has 21 heavy (non-hydrogen) atoms. The molecule has 3 N–H and O–H groups in total. The molecule has 0 fully saturated rings. The van der Waals surface area contributed by atoms with E-state index in [2.05, 4.69) is 9.46 Å². The number of carbonyl (C=O) groups is 1. The molecule has 1 aromatic rings. The topological polar surface area (TPSA) is 113 Å². The maximum absolute atomic E-state index is 12.3. The lowest BCUT2D eigenvalue weighted by Gasteiger charge is -2.26. The van der Waals surface area contributed by atoms with Gasteiger partial charge in [-0.05, 0) is 25.1 Å². The van der Waals surface area contributed by atoms with E-state index in [1.807, 2.05) is 0 Å². The highest BCUT2D eigenvalue weighted by Gasteiger charge is 2.31. The fraction of sp³-hybridized carbons (Fsp3) is 0.417. The predicted molar refractivity (Wildman–Crippen MR) is 75.7 cm³/mol. The van der Waals surface area contributed by atoms with E-state index in [-0.39, 0.29) is 15.5 Å². The highest BCUT2D eigenvalue weighted by atomic mass is 35.5. The number of rotatable bonds is 6. The average Bonchev–Trinajstić information content (AvgIpc) is 2.46. The van der Waals surface area contributed by atoms with Gasteiger partial charge in [0.2, 0.25) is 10.0 Å². The lowest BCUT2D eigenvalue weighted by Crippen LogP contribution is -2.51. The number of methoxy groups -OCH3 is 1. The van der Waals surface area contributed by atoms with E-state index in [0.717, 1.165) is 13.2 Å². The minimum atomic E-state index is -4.15. The number of ether oxygens (including phenoxy) is 1. The van der Waals surface area contributed by atoms with Crippen LogP contribution in [0.1, 0.15) is 17.3 Å². The van der Waals surface area contributed by atoms with Gasteiger partial charge < -0.3 is 14.9 Å². The molecular formula is C12H16ClNO6S. The van der Waals surface area contributed by atoms with E-state index in [4.69, 9.17) is 21.8 Å². The molecule has 0 aromatic heterocycles. The normalized spacial score (nSPS) is 12.2. The molecule has 118 valence electrons. The van der Waals surface area contributed by atoms with Gasteiger partial charge in [0.1, 0.15) is 4.90 Å². The molecule has 0 atom stereocenters. The molecular weight excluding hydrogens is 322 g/mol. The molecule has 0 heterocycles. The highest BCUT2D eigenvalue weighted by Crippen LogP contribution is 2.24. The molecule has 0 bridgehead atoms. The van der Waals surface area contributed by atoms with Crippen molar-refractivity contribution in [2.45, 2.75) is 17.4 Å². The van der Waals surface area contributed by atoms with Crippen LogP contribution in [0.25, 0.3) is 0 Å². The van der Waals surface area contributed by atoms with Crippen LogP contribution in [-0.4, -0.2) is 50.5 Å². The second-order valence-electron chi connectivity index (χ2n) is 4.62. The molecule has 0 radical (unpaired) electrons. The van der Waals surface area contributed by atoms with E-state index in [1.54, 1.807) is 0 Å². The maximum atomic E-state index is 12.3. The van der Waals surface area contributed by atoms with E-state index in [1.165, 1.54) is 19.1 Å². The number of sulfonamides is 1. The smallest absolute Gasteiger partial charge is 0.337 e. The number of hydrogen-bond donors (Lipinski definition) is 3. The van der Waals surface area contributed by atoms with Crippen LogP contribution in [0.5, 0.6) is 0 Å². The first kappa shape index (κ1) is 17.9. The zero-order valence-corrected chi connectivity index (χ0v) is 13.0. The summed E-state index contributed by atoms with van der Waals surface area (Å²) in [6.45, 7) is 0.0939. The summed E-state index contributed by atoms with van der Waals surface area (Å²) in [4.78, 5) is 11.1. The number of aliphatic hydroxyl groups excluding tert-OH is 2. The Balaban J connectivity index is 3.28. The molecule has 0 aliphatic heterocycles. The fourth-order valence-electron chi connectivity index (χ4n) is 1.45. The van der Waals surface area contributed by atoms with Gasteiger partial charge in [-0.2, -0.15) is 0 Å². The second-order valence-corrected chi connectivity index (χ2v) is 6.68. The molecule has 0 aliphatic rings. The summed E-state index contributed by atoms with van der Waals surface area (Å²) < 4.78 is 31.2. The first-order valence-corrected chi connectivity index (χ1v) is 7.69. The number of halogens is 1. The Morgan fingerprint density at radius 3 is 2.43 bits per heavy atom. The lowest BCUT2D eigenvalue weighted by molar-refractivity contribution is 0.0600. The number of aliphatic hydroxyl groups is 2. The quantitative estimate of drug-likeness (QED) is 0.637. The van der Waals surface area contributed by atoms with Crippen LogP contribution in [0.4, 0.5) is 0 Å². The molecule has 0 aliphatic carbocycles. The van der Waals surface area contributed by atoms with Crippen molar-refractivity contribution in [3.63, 3.8) is 0 Å². The number of benzene rings is 1. The number of nitrogens with one attached hydrogen (secondary N) is 1. The maximum Gasteiger partial charge on any atom is 0.337 e. The third-order valence-electron chi connectivity index (χ3n) is 2.72. The average molecular weight is 338 g/mol. The number of hydrogen-bond acceptors (Lipinski definition) is 6. The SMILES string of the molecule is COC(=O)c1ccc(Cl)c(S(=O)(=O)NC(C)(CO)CO)c1. The molecule has 9 heteroatoms. The van der Waals surface area contributed by atoms with Gasteiger partial charge in [0.25, 0.3) is 0 Å². The minimum Gasteiger partial charge on any atom is -0.465 e. The van der Waals surface area contributed by atoms with Gasteiger partial charge in [0, 0.05) is 0 Å². The van der Waals surface area contributed by atoms with Crippen LogP contribution >= 0.6 is 11.6 Å². The molecule has 0 amide bonds. The summed E-state index contributed by atoms with van der Waals surface area (Å²) in [5.41, 5.74) is -1.44. The molecule has 7 nitrogen and oxygen atoms in total. The molecule has 1 aromatic carbocycles. The largest absolute Gasteiger partial charge is 0.465 e. The van der Waals surface area contributed by atoms with Gasteiger partial charge in [-0.1, -0.05) is 11.6 Å². The Morgan fingerprint density at radius 1 is 1.38 bits per heavy atom.